The topological polar surface area (TPSA) is 126 Å². The number of hydrogen-bond donors (Lipinski definition) is 2. The SMILES string of the molecule is CCOC(=O)C=Cc1cccn2cc(-c3ccc(C[C@@H](CCO)NC(=O)c4ccc(OC(C)C)c(C#N)c4)cc3)nc12. The number of hydrogen-bond acceptors (Lipinski definition) is 7. The van der Waals surface area contributed by atoms with Gasteiger partial charge in [-0.1, -0.05) is 24.3 Å². The van der Waals surface area contributed by atoms with Gasteiger partial charge in [-0.3, -0.25) is 4.79 Å². The number of ether oxygens (including phenoxy) is 2. The number of nitrogens with zero attached hydrogens (tertiary/aromatic N) is 3. The highest BCUT2D eigenvalue weighted by Gasteiger charge is 2.17. The van der Waals surface area contributed by atoms with Crippen molar-refractivity contribution in [2.24, 2.45) is 0 Å². The van der Waals surface area contributed by atoms with Crippen molar-refractivity contribution < 1.29 is 24.2 Å². The number of nitriles is 1. The van der Waals surface area contributed by atoms with Gasteiger partial charge in [-0.25, -0.2) is 9.78 Å². The van der Waals surface area contributed by atoms with Crippen LogP contribution in [-0.4, -0.2) is 51.7 Å². The van der Waals surface area contributed by atoms with Crippen LogP contribution in [0.1, 0.15) is 54.2 Å². The van der Waals surface area contributed by atoms with E-state index in [2.05, 4.69) is 11.4 Å². The van der Waals surface area contributed by atoms with E-state index in [1.165, 1.54) is 12.1 Å². The Bertz CT molecular complexity index is 1620. The maximum atomic E-state index is 13.0. The molecule has 2 aromatic carbocycles. The summed E-state index contributed by atoms with van der Waals surface area (Å²) in [5.41, 5.74) is 4.82. The van der Waals surface area contributed by atoms with E-state index >= 15 is 0 Å². The lowest BCUT2D eigenvalue weighted by Crippen LogP contribution is -2.37. The molecule has 0 aliphatic carbocycles. The molecule has 1 atom stereocenters. The number of nitrogens with one attached hydrogen (secondary N) is 1. The van der Waals surface area contributed by atoms with Crippen LogP contribution < -0.4 is 10.1 Å². The van der Waals surface area contributed by atoms with E-state index in [-0.39, 0.29) is 24.7 Å². The van der Waals surface area contributed by atoms with Crippen molar-refractivity contribution in [1.82, 2.24) is 14.7 Å². The second-order valence-corrected chi connectivity index (χ2v) is 9.98. The summed E-state index contributed by atoms with van der Waals surface area (Å²) in [5, 5.41) is 22.1. The highest BCUT2D eigenvalue weighted by Crippen LogP contribution is 2.24. The molecule has 0 bridgehead atoms. The summed E-state index contributed by atoms with van der Waals surface area (Å²) in [6.45, 7) is 5.74. The van der Waals surface area contributed by atoms with Gasteiger partial charge in [-0.05, 0) is 75.6 Å². The Kier molecular flexibility index (Phi) is 10.1. The Morgan fingerprint density at radius 3 is 2.64 bits per heavy atom. The molecule has 0 aliphatic rings. The Morgan fingerprint density at radius 1 is 1.17 bits per heavy atom. The van der Waals surface area contributed by atoms with E-state index in [1.807, 2.05) is 67.0 Å². The summed E-state index contributed by atoms with van der Waals surface area (Å²) >= 11 is 0. The van der Waals surface area contributed by atoms with Gasteiger partial charge in [0.05, 0.1) is 24.0 Å². The third-order valence-corrected chi connectivity index (χ3v) is 6.47. The van der Waals surface area contributed by atoms with Gasteiger partial charge in [0.2, 0.25) is 0 Å². The van der Waals surface area contributed by atoms with E-state index in [0.29, 0.717) is 42.0 Å². The first-order valence-corrected chi connectivity index (χ1v) is 13.9. The van der Waals surface area contributed by atoms with E-state index in [0.717, 1.165) is 22.4 Å². The molecular weight excluding hydrogens is 532 g/mol. The monoisotopic (exact) mass is 566 g/mol. The van der Waals surface area contributed by atoms with Crippen LogP contribution >= 0.6 is 0 Å². The lowest BCUT2D eigenvalue weighted by Gasteiger charge is -2.19. The molecule has 9 heteroatoms. The molecular formula is C33H34N4O5. The molecule has 2 heterocycles. The van der Waals surface area contributed by atoms with Crippen LogP contribution in [0, 0.1) is 11.3 Å². The Morgan fingerprint density at radius 2 is 1.95 bits per heavy atom. The van der Waals surface area contributed by atoms with Crippen molar-refractivity contribution in [3.05, 3.63) is 95.3 Å². The molecule has 9 nitrogen and oxygen atoms in total. The average molecular weight is 567 g/mol. The van der Waals surface area contributed by atoms with Crippen molar-refractivity contribution >= 4 is 23.6 Å². The molecule has 0 unspecified atom stereocenters. The predicted molar refractivity (Wildman–Crippen MR) is 160 cm³/mol. The molecule has 0 fully saturated rings. The fourth-order valence-electron chi connectivity index (χ4n) is 4.51. The van der Waals surface area contributed by atoms with Crippen molar-refractivity contribution in [2.75, 3.05) is 13.2 Å². The van der Waals surface area contributed by atoms with Crippen molar-refractivity contribution in [3.8, 4) is 23.1 Å². The van der Waals surface area contributed by atoms with Gasteiger partial charge in [0.25, 0.3) is 5.91 Å². The number of carbonyl (C=O) groups excluding carboxylic acids is 2. The number of fused-ring (bicyclic) bond motifs is 1. The summed E-state index contributed by atoms with van der Waals surface area (Å²) in [5.74, 6) is -0.292. The maximum absolute atomic E-state index is 13.0. The van der Waals surface area contributed by atoms with Gasteiger partial charge in [-0.2, -0.15) is 5.26 Å². The standard InChI is InChI=1S/C33H34N4O5/c1-4-41-31(39)14-12-25-6-5-16-37-21-29(36-32(25)37)24-9-7-23(8-10-24)18-28(15-17-38)35-33(40)26-11-13-30(42-22(2)3)27(19-26)20-34/h5-14,16,19,21-22,28,38H,4,15,17-18H2,1-3H3,(H,35,40)/t28-/m1/s1. The second kappa shape index (κ2) is 14.1. The lowest BCUT2D eigenvalue weighted by molar-refractivity contribution is -0.137. The minimum atomic E-state index is -0.404. The van der Waals surface area contributed by atoms with E-state index < -0.39 is 5.97 Å². The molecule has 0 radical (unpaired) electrons. The molecule has 216 valence electrons. The molecule has 0 aliphatic heterocycles. The first kappa shape index (κ1) is 30.0. The number of pyridine rings is 1. The highest BCUT2D eigenvalue weighted by molar-refractivity contribution is 5.95. The molecule has 0 spiro atoms. The number of aliphatic hydroxyl groups is 1. The minimum absolute atomic E-state index is 0.0815. The number of rotatable bonds is 12. The first-order chi connectivity index (χ1) is 20.3. The van der Waals surface area contributed by atoms with Crippen molar-refractivity contribution in [2.45, 2.75) is 45.8 Å². The predicted octanol–water partition coefficient (Wildman–Crippen LogP) is 4.96. The number of imidazole rings is 1. The largest absolute Gasteiger partial charge is 0.490 e. The zero-order chi connectivity index (χ0) is 30.1. The zero-order valence-electron chi connectivity index (χ0n) is 23.9. The van der Waals surface area contributed by atoms with Crippen LogP contribution in [-0.2, 0) is 16.0 Å². The Balaban J connectivity index is 1.47. The molecule has 4 aromatic rings. The average Bonchev–Trinajstić information content (AvgIpc) is 3.42. The van der Waals surface area contributed by atoms with Crippen LogP contribution in [0.4, 0.5) is 0 Å². The Hall–Kier alpha value is -4.94. The van der Waals surface area contributed by atoms with Crippen LogP contribution in [0.2, 0.25) is 0 Å². The number of aliphatic hydroxyl groups excluding tert-OH is 1. The minimum Gasteiger partial charge on any atom is -0.490 e. The van der Waals surface area contributed by atoms with Crippen LogP contribution in [0.5, 0.6) is 5.75 Å². The number of benzene rings is 2. The van der Waals surface area contributed by atoms with Gasteiger partial charge < -0.3 is 24.3 Å². The molecule has 1 amide bonds. The first-order valence-electron chi connectivity index (χ1n) is 13.9. The summed E-state index contributed by atoms with van der Waals surface area (Å²) in [7, 11) is 0. The number of aromatic nitrogens is 2. The van der Waals surface area contributed by atoms with E-state index in [4.69, 9.17) is 14.5 Å². The summed E-state index contributed by atoms with van der Waals surface area (Å²) in [4.78, 5) is 29.5. The molecule has 0 saturated heterocycles. The smallest absolute Gasteiger partial charge is 0.330 e. The molecule has 0 saturated carbocycles. The second-order valence-electron chi connectivity index (χ2n) is 9.98. The van der Waals surface area contributed by atoms with Gasteiger partial charge in [0.15, 0.2) is 0 Å². The lowest BCUT2D eigenvalue weighted by atomic mass is 10.0. The fourth-order valence-corrected chi connectivity index (χ4v) is 4.51. The van der Waals surface area contributed by atoms with Crippen LogP contribution in [0.25, 0.3) is 23.0 Å². The van der Waals surface area contributed by atoms with Gasteiger partial charge in [0, 0.05) is 47.8 Å². The van der Waals surface area contributed by atoms with E-state index in [9.17, 15) is 20.0 Å². The normalized spacial score (nSPS) is 11.9. The van der Waals surface area contributed by atoms with Crippen LogP contribution in [0.3, 0.4) is 0 Å². The maximum Gasteiger partial charge on any atom is 0.330 e. The molecule has 2 aromatic heterocycles. The molecule has 2 N–H and O–H groups in total. The van der Waals surface area contributed by atoms with Gasteiger partial charge in [-0.15, -0.1) is 0 Å². The van der Waals surface area contributed by atoms with Gasteiger partial charge >= 0.3 is 5.97 Å². The highest BCUT2D eigenvalue weighted by atomic mass is 16.5. The quantitative estimate of drug-likeness (QED) is 0.183. The van der Waals surface area contributed by atoms with E-state index in [1.54, 1.807) is 25.1 Å². The number of esters is 1. The number of carbonyl (C=O) groups is 2. The molecule has 4 rings (SSSR count). The van der Waals surface area contributed by atoms with Crippen molar-refractivity contribution in [1.29, 1.82) is 5.26 Å². The summed E-state index contributed by atoms with van der Waals surface area (Å²) < 4.78 is 12.5. The zero-order valence-corrected chi connectivity index (χ0v) is 23.9. The van der Waals surface area contributed by atoms with Crippen molar-refractivity contribution in [3.63, 3.8) is 0 Å². The molecule has 42 heavy (non-hydrogen) atoms. The van der Waals surface area contributed by atoms with Crippen LogP contribution in [0.15, 0.2) is 73.1 Å². The number of amides is 1. The fraction of sp³-hybridized carbons (Fsp3) is 0.273. The third kappa shape index (κ3) is 7.62. The summed E-state index contributed by atoms with van der Waals surface area (Å²) in [6, 6.07) is 18.2. The third-order valence-electron chi connectivity index (χ3n) is 6.47. The van der Waals surface area contributed by atoms with Gasteiger partial charge in [0.1, 0.15) is 17.5 Å². The summed E-state index contributed by atoms with van der Waals surface area (Å²) in [6.07, 6.45) is 7.70. The Labute approximate surface area is 245 Å².